The molecule has 0 heterocycles. The highest BCUT2D eigenvalue weighted by Crippen LogP contribution is 2.15. The maximum Gasteiger partial charge on any atom is 0.306 e. The minimum atomic E-state index is -0.799. The van der Waals surface area contributed by atoms with E-state index in [9.17, 15) is 14.4 Å². The average Bonchev–Trinajstić information content (AvgIpc) is 3.42. The third-order valence-corrected chi connectivity index (χ3v) is 13.5. The average molecular weight is 1060 g/mol. The van der Waals surface area contributed by atoms with E-state index < -0.39 is 6.10 Å². The Morgan fingerprint density at radius 3 is 0.816 bits per heavy atom. The molecule has 0 aliphatic heterocycles. The van der Waals surface area contributed by atoms with Gasteiger partial charge >= 0.3 is 17.9 Å². The molecule has 0 aromatic carbocycles. The predicted molar refractivity (Wildman–Crippen MR) is 330 cm³/mol. The molecule has 76 heavy (non-hydrogen) atoms. The SMILES string of the molecule is CC/C=C\C/C=C\C/C=C\C/C=C\CCCCCCCCC(=O)OC(COC(=O)CCCCCCC/C=C\C/C=C\CCCCCC)COC(=O)CCCCCCCCCC/C=C\C/C=C\C/C=C\CCCCCCC. The van der Waals surface area contributed by atoms with Crippen molar-refractivity contribution in [2.24, 2.45) is 0 Å². The summed E-state index contributed by atoms with van der Waals surface area (Å²) in [5, 5.41) is 0. The van der Waals surface area contributed by atoms with E-state index in [2.05, 4.69) is 130 Å². The van der Waals surface area contributed by atoms with Crippen molar-refractivity contribution >= 4 is 17.9 Å². The van der Waals surface area contributed by atoms with Crippen LogP contribution in [0.15, 0.2) is 109 Å². The van der Waals surface area contributed by atoms with Gasteiger partial charge in [0, 0.05) is 19.3 Å². The van der Waals surface area contributed by atoms with Gasteiger partial charge in [0.25, 0.3) is 0 Å². The Labute approximate surface area is 470 Å². The van der Waals surface area contributed by atoms with E-state index in [-0.39, 0.29) is 31.1 Å². The van der Waals surface area contributed by atoms with E-state index in [0.717, 1.165) is 141 Å². The lowest BCUT2D eigenvalue weighted by Gasteiger charge is -2.18. The molecule has 0 rings (SSSR count). The summed E-state index contributed by atoms with van der Waals surface area (Å²) < 4.78 is 16.9. The summed E-state index contributed by atoms with van der Waals surface area (Å²) in [6.45, 7) is 6.49. The number of allylic oxidation sites excluding steroid dienone is 18. The van der Waals surface area contributed by atoms with Gasteiger partial charge in [-0.25, -0.2) is 0 Å². The van der Waals surface area contributed by atoms with Crippen molar-refractivity contribution < 1.29 is 28.6 Å². The zero-order valence-corrected chi connectivity index (χ0v) is 49.7. The molecule has 1 unspecified atom stereocenters. The Bertz CT molecular complexity index is 1540. The first-order valence-corrected chi connectivity index (χ1v) is 31.9. The highest BCUT2D eigenvalue weighted by Gasteiger charge is 2.19. The molecule has 434 valence electrons. The van der Waals surface area contributed by atoms with Crippen LogP contribution in [0.5, 0.6) is 0 Å². The topological polar surface area (TPSA) is 78.9 Å². The summed E-state index contributed by atoms with van der Waals surface area (Å²) in [5.74, 6) is -0.922. The van der Waals surface area contributed by atoms with Crippen molar-refractivity contribution in [2.75, 3.05) is 13.2 Å². The van der Waals surface area contributed by atoms with Crippen LogP contribution in [-0.2, 0) is 28.6 Å². The largest absolute Gasteiger partial charge is 0.462 e. The number of ether oxygens (including phenoxy) is 3. The molecule has 0 fully saturated rings. The molecule has 0 spiro atoms. The molecule has 0 saturated heterocycles. The van der Waals surface area contributed by atoms with Gasteiger partial charge in [-0.2, -0.15) is 0 Å². The van der Waals surface area contributed by atoms with Gasteiger partial charge in [-0.15, -0.1) is 0 Å². The summed E-state index contributed by atoms with van der Waals surface area (Å²) in [6.07, 6.45) is 86.5. The van der Waals surface area contributed by atoms with Gasteiger partial charge in [-0.3, -0.25) is 14.4 Å². The molecule has 0 N–H and O–H groups in total. The third-order valence-electron chi connectivity index (χ3n) is 13.5. The predicted octanol–water partition coefficient (Wildman–Crippen LogP) is 21.8. The van der Waals surface area contributed by atoms with Gasteiger partial charge in [0.05, 0.1) is 0 Å². The van der Waals surface area contributed by atoms with Crippen LogP contribution in [0, 0.1) is 0 Å². The third kappa shape index (κ3) is 60.9. The smallest absolute Gasteiger partial charge is 0.306 e. The second-order valence-corrected chi connectivity index (χ2v) is 20.9. The minimum absolute atomic E-state index is 0.0935. The number of carbonyl (C=O) groups is 3. The summed E-state index contributed by atoms with van der Waals surface area (Å²) in [6, 6.07) is 0. The molecular weight excluding hydrogens is 937 g/mol. The molecule has 0 saturated carbocycles. The van der Waals surface area contributed by atoms with Crippen molar-refractivity contribution in [3.63, 3.8) is 0 Å². The molecule has 0 radical (unpaired) electrons. The zero-order valence-electron chi connectivity index (χ0n) is 49.7. The molecule has 0 aliphatic carbocycles. The molecule has 6 heteroatoms. The Hall–Kier alpha value is -3.93. The van der Waals surface area contributed by atoms with Crippen LogP contribution >= 0.6 is 0 Å². The molecule has 0 aromatic rings. The molecule has 6 nitrogen and oxygen atoms in total. The maximum atomic E-state index is 12.9. The first-order chi connectivity index (χ1) is 37.5. The molecular formula is C70H118O6. The Kier molecular flexibility index (Phi) is 60.3. The molecule has 0 bridgehead atoms. The van der Waals surface area contributed by atoms with Crippen molar-refractivity contribution in [1.29, 1.82) is 0 Å². The standard InChI is InChI=1S/C70H118O6/c1-4-7-10-13-16-19-22-25-28-31-33-34-35-36-38-39-42-45-48-51-54-57-60-63-69(72)75-66-67(65-74-68(71)62-59-56-53-50-47-44-41-30-27-24-21-18-15-12-9-6-3)76-70(73)64-61-58-55-52-49-46-43-40-37-32-29-26-23-20-17-14-11-8-5-2/h8,11,17,20-22,24-26,29-31,33,35-37,40-41,67H,4-7,9-10,12-16,18-19,23,27-28,32,34,38-39,42-66H2,1-3H3/b11-8-,20-17-,24-21-,25-22-,29-26-,33-31-,36-35-,40-37-,41-30-. The fourth-order valence-corrected chi connectivity index (χ4v) is 8.71. The summed E-state index contributed by atoms with van der Waals surface area (Å²) in [7, 11) is 0. The van der Waals surface area contributed by atoms with Gasteiger partial charge < -0.3 is 14.2 Å². The van der Waals surface area contributed by atoms with Gasteiger partial charge in [0.15, 0.2) is 6.10 Å². The fourth-order valence-electron chi connectivity index (χ4n) is 8.71. The first kappa shape index (κ1) is 72.1. The normalized spacial score (nSPS) is 12.8. The second kappa shape index (κ2) is 63.6. The highest BCUT2D eigenvalue weighted by molar-refractivity contribution is 5.71. The lowest BCUT2D eigenvalue weighted by atomic mass is 10.1. The van der Waals surface area contributed by atoms with Crippen LogP contribution in [0.4, 0.5) is 0 Å². The van der Waals surface area contributed by atoms with Gasteiger partial charge in [0.1, 0.15) is 13.2 Å². The lowest BCUT2D eigenvalue weighted by molar-refractivity contribution is -0.167. The lowest BCUT2D eigenvalue weighted by Crippen LogP contribution is -2.30. The van der Waals surface area contributed by atoms with Crippen molar-refractivity contribution in [1.82, 2.24) is 0 Å². The number of unbranched alkanes of at least 4 members (excludes halogenated alkanes) is 28. The van der Waals surface area contributed by atoms with E-state index in [1.54, 1.807) is 0 Å². The van der Waals surface area contributed by atoms with E-state index in [1.807, 2.05) is 0 Å². The van der Waals surface area contributed by atoms with Crippen molar-refractivity contribution in [2.45, 2.75) is 303 Å². The maximum absolute atomic E-state index is 12.9. The summed E-state index contributed by atoms with van der Waals surface area (Å²) in [5.41, 5.74) is 0. The van der Waals surface area contributed by atoms with E-state index in [4.69, 9.17) is 14.2 Å². The number of carbonyl (C=O) groups excluding carboxylic acids is 3. The van der Waals surface area contributed by atoms with Crippen LogP contribution < -0.4 is 0 Å². The molecule has 0 amide bonds. The van der Waals surface area contributed by atoms with Crippen LogP contribution in [0.2, 0.25) is 0 Å². The zero-order chi connectivity index (χ0) is 55.0. The number of hydrogen-bond donors (Lipinski definition) is 0. The fraction of sp³-hybridized carbons (Fsp3) is 0.700. The van der Waals surface area contributed by atoms with E-state index in [1.165, 1.54) is 116 Å². The van der Waals surface area contributed by atoms with Crippen LogP contribution in [0.25, 0.3) is 0 Å². The van der Waals surface area contributed by atoms with E-state index >= 15 is 0 Å². The van der Waals surface area contributed by atoms with Gasteiger partial charge in [-0.05, 0) is 128 Å². The molecule has 0 aliphatic rings. The molecule has 0 aromatic heterocycles. The van der Waals surface area contributed by atoms with Crippen LogP contribution in [-0.4, -0.2) is 37.2 Å². The number of rotatable bonds is 57. The van der Waals surface area contributed by atoms with Crippen molar-refractivity contribution in [3.8, 4) is 0 Å². The van der Waals surface area contributed by atoms with Crippen LogP contribution in [0.3, 0.4) is 0 Å². The van der Waals surface area contributed by atoms with Crippen LogP contribution in [0.1, 0.15) is 297 Å². The quantitative estimate of drug-likeness (QED) is 0.0261. The Balaban J connectivity index is 4.43. The van der Waals surface area contributed by atoms with Gasteiger partial charge in [0.2, 0.25) is 0 Å². The summed E-state index contributed by atoms with van der Waals surface area (Å²) >= 11 is 0. The monoisotopic (exact) mass is 1050 g/mol. The Morgan fingerprint density at radius 1 is 0.276 bits per heavy atom. The highest BCUT2D eigenvalue weighted by atomic mass is 16.6. The van der Waals surface area contributed by atoms with Crippen molar-refractivity contribution in [3.05, 3.63) is 109 Å². The minimum Gasteiger partial charge on any atom is -0.462 e. The van der Waals surface area contributed by atoms with Gasteiger partial charge in [-0.1, -0.05) is 259 Å². The molecule has 1 atom stereocenters. The number of hydrogen-bond acceptors (Lipinski definition) is 6. The van der Waals surface area contributed by atoms with E-state index in [0.29, 0.717) is 19.3 Å². The summed E-state index contributed by atoms with van der Waals surface area (Å²) in [4.78, 5) is 38.3. The number of esters is 3. The Morgan fingerprint density at radius 2 is 0.513 bits per heavy atom. The second-order valence-electron chi connectivity index (χ2n) is 20.9. The first-order valence-electron chi connectivity index (χ1n) is 31.9.